The van der Waals surface area contributed by atoms with Crippen LogP contribution in [0.25, 0.3) is 5.57 Å². The quantitative estimate of drug-likeness (QED) is 0.109. The minimum Gasteiger partial charge on any atom is -0.459 e. The summed E-state index contributed by atoms with van der Waals surface area (Å²) in [5.41, 5.74) is -0.799. The summed E-state index contributed by atoms with van der Waals surface area (Å²) in [6.07, 6.45) is -0.144. The van der Waals surface area contributed by atoms with E-state index in [0.717, 1.165) is 21.6 Å². The highest BCUT2D eigenvalue weighted by Crippen LogP contribution is 2.53. The Morgan fingerprint density at radius 3 is 1.71 bits per heavy atom. The zero-order chi connectivity index (χ0) is 33.0. The highest BCUT2D eigenvalue weighted by Gasteiger charge is 2.69. The number of nitro groups is 1. The van der Waals surface area contributed by atoms with Crippen LogP contribution in [0.2, 0.25) is 0 Å². The number of nitro benzene ring substituents is 1. The van der Waals surface area contributed by atoms with Crippen LogP contribution >= 0.6 is 0 Å². The van der Waals surface area contributed by atoms with Gasteiger partial charge in [-0.3, -0.25) is 10.1 Å². The van der Waals surface area contributed by atoms with Crippen molar-refractivity contribution in [1.82, 2.24) is 4.90 Å². The van der Waals surface area contributed by atoms with Crippen molar-refractivity contribution in [3.05, 3.63) is 118 Å². The van der Waals surface area contributed by atoms with Crippen molar-refractivity contribution in [3.8, 4) is 0 Å². The van der Waals surface area contributed by atoms with E-state index in [2.05, 4.69) is 0 Å². The van der Waals surface area contributed by atoms with Gasteiger partial charge in [-0.15, -0.1) is 0 Å². The Labute approximate surface area is 262 Å². The van der Waals surface area contributed by atoms with E-state index in [9.17, 15) is 24.5 Å². The van der Waals surface area contributed by atoms with Crippen molar-refractivity contribution in [1.29, 1.82) is 0 Å². The summed E-state index contributed by atoms with van der Waals surface area (Å²) in [5, 5.41) is 11.1. The summed E-state index contributed by atoms with van der Waals surface area (Å²) in [6.45, 7) is 9.71. The van der Waals surface area contributed by atoms with Gasteiger partial charge in [0, 0.05) is 18.1 Å². The number of carbonyl (C=O) groups is 3. The molecule has 0 N–H and O–H groups in total. The monoisotopic (exact) mass is 614 g/mol. The average molecular weight is 615 g/mol. The Hall–Kier alpha value is -4.99. The van der Waals surface area contributed by atoms with Gasteiger partial charge in [0.05, 0.1) is 4.92 Å². The second kappa shape index (κ2) is 12.9. The van der Waals surface area contributed by atoms with E-state index in [1.807, 2.05) is 66.7 Å². The molecule has 1 fully saturated rings. The van der Waals surface area contributed by atoms with Crippen molar-refractivity contribution in [2.45, 2.75) is 71.3 Å². The zero-order valence-electron chi connectivity index (χ0n) is 26.3. The van der Waals surface area contributed by atoms with E-state index in [0.29, 0.717) is 5.56 Å². The number of rotatable bonds is 8. The van der Waals surface area contributed by atoms with Gasteiger partial charge in [-0.2, -0.15) is 4.90 Å². The van der Waals surface area contributed by atoms with Gasteiger partial charge in [0.1, 0.15) is 17.8 Å². The van der Waals surface area contributed by atoms with Crippen molar-refractivity contribution in [3.63, 3.8) is 0 Å². The maximum absolute atomic E-state index is 14.1. The SMILES string of the molecule is CC(C)(C)OC(=O)N(C(=O)OC(C)(C)C)[C@@]1(C(=O)OCc2ccc([N+](=O)[O-])cc2)C[C@@H]1C=C(c1ccccc1)c1ccccc1. The lowest BCUT2D eigenvalue weighted by molar-refractivity contribution is -0.384. The second-order valence-corrected chi connectivity index (χ2v) is 12.8. The third kappa shape index (κ3) is 8.14. The molecule has 0 unspecified atom stereocenters. The first-order chi connectivity index (χ1) is 21.1. The zero-order valence-corrected chi connectivity index (χ0v) is 26.3. The molecule has 1 aliphatic rings. The first-order valence-electron chi connectivity index (χ1n) is 14.6. The average Bonchev–Trinajstić information content (AvgIpc) is 3.67. The molecule has 0 saturated heterocycles. The van der Waals surface area contributed by atoms with Crippen LogP contribution in [0.1, 0.15) is 64.7 Å². The maximum Gasteiger partial charge on any atom is 0.420 e. The molecule has 10 nitrogen and oxygen atoms in total. The lowest BCUT2D eigenvalue weighted by Crippen LogP contribution is -2.55. The molecule has 236 valence electrons. The molecule has 0 bridgehead atoms. The van der Waals surface area contributed by atoms with Crippen molar-refractivity contribution >= 4 is 29.4 Å². The number of esters is 1. The summed E-state index contributed by atoms with van der Waals surface area (Å²) in [6, 6.07) is 24.7. The summed E-state index contributed by atoms with van der Waals surface area (Å²) in [7, 11) is 0. The number of imide groups is 1. The lowest BCUT2D eigenvalue weighted by Gasteiger charge is -2.33. The number of nitrogens with zero attached hydrogens (tertiary/aromatic N) is 2. The summed E-state index contributed by atoms with van der Waals surface area (Å²) >= 11 is 0. The highest BCUT2D eigenvalue weighted by molar-refractivity contribution is 6.00. The molecule has 0 heterocycles. The van der Waals surface area contributed by atoms with E-state index in [1.165, 1.54) is 24.3 Å². The third-order valence-electron chi connectivity index (χ3n) is 6.94. The molecule has 4 rings (SSSR count). The molecule has 3 aromatic rings. The first-order valence-corrected chi connectivity index (χ1v) is 14.6. The van der Waals surface area contributed by atoms with Gasteiger partial charge in [-0.1, -0.05) is 66.7 Å². The number of amides is 2. The van der Waals surface area contributed by atoms with Gasteiger partial charge < -0.3 is 14.2 Å². The van der Waals surface area contributed by atoms with Gasteiger partial charge in [-0.05, 0) is 82.4 Å². The molecule has 45 heavy (non-hydrogen) atoms. The highest BCUT2D eigenvalue weighted by atomic mass is 16.6. The Morgan fingerprint density at radius 2 is 1.29 bits per heavy atom. The number of ether oxygens (including phenoxy) is 3. The summed E-state index contributed by atoms with van der Waals surface area (Å²) < 4.78 is 17.0. The van der Waals surface area contributed by atoms with E-state index in [4.69, 9.17) is 14.2 Å². The van der Waals surface area contributed by atoms with Crippen molar-refractivity contribution in [2.75, 3.05) is 0 Å². The fourth-order valence-corrected chi connectivity index (χ4v) is 4.86. The van der Waals surface area contributed by atoms with Crippen molar-refractivity contribution in [2.24, 2.45) is 5.92 Å². The van der Waals surface area contributed by atoms with Crippen LogP contribution in [0, 0.1) is 16.0 Å². The molecule has 0 aromatic heterocycles. The fourth-order valence-electron chi connectivity index (χ4n) is 4.86. The third-order valence-corrected chi connectivity index (χ3v) is 6.94. The van der Waals surface area contributed by atoms with Gasteiger partial charge >= 0.3 is 18.2 Å². The Kier molecular flexibility index (Phi) is 9.46. The van der Waals surface area contributed by atoms with Gasteiger partial charge in [-0.25, -0.2) is 14.4 Å². The molecule has 3 aromatic carbocycles. The first kappa shape index (κ1) is 32.9. The van der Waals surface area contributed by atoms with E-state index in [-0.39, 0.29) is 18.7 Å². The van der Waals surface area contributed by atoms with Crippen LogP contribution in [-0.2, 0) is 25.6 Å². The molecular weight excluding hydrogens is 576 g/mol. The molecule has 1 aliphatic carbocycles. The van der Waals surface area contributed by atoms with E-state index in [1.54, 1.807) is 41.5 Å². The van der Waals surface area contributed by atoms with Crippen LogP contribution in [0.3, 0.4) is 0 Å². The number of hydrogen-bond donors (Lipinski definition) is 0. The van der Waals surface area contributed by atoms with Gasteiger partial charge in [0.25, 0.3) is 5.69 Å². The van der Waals surface area contributed by atoms with Gasteiger partial charge in [0.2, 0.25) is 0 Å². The predicted octanol–water partition coefficient (Wildman–Crippen LogP) is 7.70. The largest absolute Gasteiger partial charge is 0.459 e. The number of carbonyl (C=O) groups excluding carboxylic acids is 3. The summed E-state index contributed by atoms with van der Waals surface area (Å²) in [5.74, 6) is -1.49. The van der Waals surface area contributed by atoms with E-state index >= 15 is 0 Å². The second-order valence-electron chi connectivity index (χ2n) is 12.8. The van der Waals surface area contributed by atoms with Crippen LogP contribution < -0.4 is 0 Å². The van der Waals surface area contributed by atoms with Crippen LogP contribution in [0.15, 0.2) is 91.0 Å². The Balaban J connectivity index is 1.79. The molecule has 1 saturated carbocycles. The maximum atomic E-state index is 14.1. The van der Waals surface area contributed by atoms with E-state index < -0.39 is 45.7 Å². The van der Waals surface area contributed by atoms with Crippen LogP contribution in [0.5, 0.6) is 0 Å². The normalized spacial score (nSPS) is 17.4. The molecule has 0 spiro atoms. The fraction of sp³-hybridized carbons (Fsp3) is 0.343. The molecule has 0 aliphatic heterocycles. The topological polar surface area (TPSA) is 125 Å². The van der Waals surface area contributed by atoms with Crippen LogP contribution in [-0.4, -0.2) is 44.7 Å². The van der Waals surface area contributed by atoms with Crippen LogP contribution in [0.4, 0.5) is 15.3 Å². The smallest absolute Gasteiger partial charge is 0.420 e. The Morgan fingerprint density at radius 1 is 0.822 bits per heavy atom. The minimum absolute atomic E-state index is 0.0632. The minimum atomic E-state index is -1.78. The predicted molar refractivity (Wildman–Crippen MR) is 168 cm³/mol. The molecule has 0 radical (unpaired) electrons. The lowest BCUT2D eigenvalue weighted by atomic mass is 9.95. The Bertz CT molecular complexity index is 1500. The standard InChI is InChI=1S/C35H38N2O8/c1-33(2,3)44-31(39)36(32(40)45-34(4,5)6)35(30(38)43-23-24-17-19-28(20-18-24)37(41)42)22-27(35)21-29(25-13-9-7-10-14-25)26-15-11-8-12-16-26/h7-21,27H,22-23H2,1-6H3/t27-,35-/m0/s1. The molecule has 2 atom stereocenters. The number of hydrogen-bond acceptors (Lipinski definition) is 8. The molecule has 10 heteroatoms. The molecular formula is C35H38N2O8. The van der Waals surface area contributed by atoms with Gasteiger partial charge in [0.15, 0.2) is 5.54 Å². The molecule has 2 amide bonds. The van der Waals surface area contributed by atoms with Crippen molar-refractivity contribution < 1.29 is 33.5 Å². The summed E-state index contributed by atoms with van der Waals surface area (Å²) in [4.78, 5) is 52.9. The number of benzene rings is 3. The number of non-ortho nitro benzene ring substituents is 1.